The van der Waals surface area contributed by atoms with E-state index in [4.69, 9.17) is 4.74 Å². The summed E-state index contributed by atoms with van der Waals surface area (Å²) in [6, 6.07) is 0. The van der Waals surface area contributed by atoms with Crippen molar-refractivity contribution in [2.75, 3.05) is 0 Å². The van der Waals surface area contributed by atoms with E-state index in [-0.39, 0.29) is 11.4 Å². The highest BCUT2D eigenvalue weighted by atomic mass is 16.5. The summed E-state index contributed by atoms with van der Waals surface area (Å²) in [4.78, 5) is 11.4. The molecule has 0 aromatic rings. The van der Waals surface area contributed by atoms with Crippen molar-refractivity contribution in [3.05, 3.63) is 23.5 Å². The third-order valence-corrected chi connectivity index (χ3v) is 2.84. The smallest absolute Gasteiger partial charge is 0.310 e. The fourth-order valence-corrected chi connectivity index (χ4v) is 1.78. The molecule has 0 radical (unpaired) electrons. The van der Waals surface area contributed by atoms with Crippen molar-refractivity contribution in [1.82, 2.24) is 0 Å². The Hall–Kier alpha value is -1.09. The van der Waals surface area contributed by atoms with Crippen molar-refractivity contribution in [3.63, 3.8) is 0 Å². The summed E-state index contributed by atoms with van der Waals surface area (Å²) in [5.41, 5.74) is -0.00477. The van der Waals surface area contributed by atoms with Crippen molar-refractivity contribution < 1.29 is 14.6 Å². The average molecular weight is 238 g/mol. The van der Waals surface area contributed by atoms with E-state index < -0.39 is 5.60 Å². The van der Waals surface area contributed by atoms with E-state index in [2.05, 4.69) is 20.8 Å². The van der Waals surface area contributed by atoms with E-state index in [1.807, 2.05) is 0 Å². The zero-order valence-corrected chi connectivity index (χ0v) is 11.3. The first-order valence-electron chi connectivity index (χ1n) is 6.01. The van der Waals surface area contributed by atoms with Gasteiger partial charge < -0.3 is 9.84 Å². The van der Waals surface area contributed by atoms with Gasteiger partial charge in [-0.1, -0.05) is 27.7 Å². The monoisotopic (exact) mass is 238 g/mol. The van der Waals surface area contributed by atoms with Gasteiger partial charge in [-0.25, -0.2) is 0 Å². The summed E-state index contributed by atoms with van der Waals surface area (Å²) in [7, 11) is 0. The second kappa shape index (κ2) is 4.65. The van der Waals surface area contributed by atoms with Gasteiger partial charge in [0.05, 0.1) is 5.60 Å². The molecule has 0 saturated heterocycles. The lowest BCUT2D eigenvalue weighted by molar-refractivity contribution is -0.138. The van der Waals surface area contributed by atoms with Gasteiger partial charge in [-0.15, -0.1) is 0 Å². The lowest BCUT2D eigenvalue weighted by Crippen LogP contribution is -2.29. The zero-order chi connectivity index (χ0) is 13.3. The molecule has 0 spiro atoms. The molecule has 1 unspecified atom stereocenters. The third-order valence-electron chi connectivity index (χ3n) is 2.84. The van der Waals surface area contributed by atoms with Gasteiger partial charge in [0.2, 0.25) is 0 Å². The van der Waals surface area contributed by atoms with Gasteiger partial charge in [0.25, 0.3) is 0 Å². The van der Waals surface area contributed by atoms with Gasteiger partial charge in [-0.2, -0.15) is 0 Å². The van der Waals surface area contributed by atoms with E-state index in [9.17, 15) is 9.90 Å². The molecule has 3 heteroatoms. The van der Waals surface area contributed by atoms with Crippen LogP contribution >= 0.6 is 0 Å². The SMILES string of the molecule is CCC(=O)OC1=C(C(C)(C)C)CC(C)(O)C=C1. The average Bonchev–Trinajstić information content (AvgIpc) is 2.18. The Morgan fingerprint density at radius 3 is 2.59 bits per heavy atom. The quantitative estimate of drug-likeness (QED) is 0.752. The minimum atomic E-state index is -0.856. The molecule has 0 heterocycles. The molecule has 0 fully saturated rings. The minimum absolute atomic E-state index is 0.127. The molecule has 0 aromatic carbocycles. The number of hydrogen-bond donors (Lipinski definition) is 1. The van der Waals surface area contributed by atoms with Crippen LogP contribution in [0.1, 0.15) is 47.5 Å². The number of hydrogen-bond acceptors (Lipinski definition) is 3. The van der Waals surface area contributed by atoms with Gasteiger partial charge >= 0.3 is 5.97 Å². The molecular weight excluding hydrogens is 216 g/mol. The van der Waals surface area contributed by atoms with Crippen LogP contribution in [0.15, 0.2) is 23.5 Å². The van der Waals surface area contributed by atoms with E-state index in [1.54, 1.807) is 26.0 Å². The van der Waals surface area contributed by atoms with Gasteiger partial charge in [-0.05, 0) is 30.1 Å². The van der Waals surface area contributed by atoms with Crippen LogP contribution in [-0.2, 0) is 9.53 Å². The van der Waals surface area contributed by atoms with Crippen LogP contribution in [0.3, 0.4) is 0 Å². The molecular formula is C14H22O3. The molecule has 1 rings (SSSR count). The van der Waals surface area contributed by atoms with Crippen LogP contribution in [0.25, 0.3) is 0 Å². The Kier molecular flexibility index (Phi) is 3.82. The number of esters is 1. The second-order valence-corrected chi connectivity index (χ2v) is 5.79. The normalized spacial score (nSPS) is 25.1. The van der Waals surface area contributed by atoms with E-state index >= 15 is 0 Å². The first-order chi connectivity index (χ1) is 7.65. The Bertz CT molecular complexity index is 367. The number of ether oxygens (including phenoxy) is 1. The molecule has 0 bridgehead atoms. The summed E-state index contributed by atoms with van der Waals surface area (Å²) >= 11 is 0. The van der Waals surface area contributed by atoms with Gasteiger partial charge in [0, 0.05) is 12.8 Å². The summed E-state index contributed by atoms with van der Waals surface area (Å²) < 4.78 is 5.32. The van der Waals surface area contributed by atoms with Crippen LogP contribution in [-0.4, -0.2) is 16.7 Å². The number of aliphatic hydroxyl groups is 1. The van der Waals surface area contributed by atoms with Crippen LogP contribution in [0.5, 0.6) is 0 Å². The summed E-state index contributed by atoms with van der Waals surface area (Å²) in [5, 5.41) is 10.1. The van der Waals surface area contributed by atoms with Crippen molar-refractivity contribution in [3.8, 4) is 0 Å². The highest BCUT2D eigenvalue weighted by Crippen LogP contribution is 2.38. The lowest BCUT2D eigenvalue weighted by Gasteiger charge is -2.33. The second-order valence-electron chi connectivity index (χ2n) is 5.79. The first kappa shape index (κ1) is 14.0. The van der Waals surface area contributed by atoms with Gasteiger partial charge in [-0.3, -0.25) is 4.79 Å². The van der Waals surface area contributed by atoms with Crippen LogP contribution in [0, 0.1) is 5.41 Å². The Labute approximate surface area is 103 Å². The zero-order valence-electron chi connectivity index (χ0n) is 11.3. The topological polar surface area (TPSA) is 46.5 Å². The summed E-state index contributed by atoms with van der Waals surface area (Å²) in [6.45, 7) is 9.68. The van der Waals surface area contributed by atoms with E-state index in [1.165, 1.54) is 0 Å². The molecule has 1 aliphatic rings. The van der Waals surface area contributed by atoms with Crippen LogP contribution in [0.2, 0.25) is 0 Å². The Morgan fingerprint density at radius 1 is 1.53 bits per heavy atom. The number of carbonyl (C=O) groups is 1. The fraction of sp³-hybridized carbons (Fsp3) is 0.643. The maximum absolute atomic E-state index is 11.4. The van der Waals surface area contributed by atoms with Crippen LogP contribution in [0.4, 0.5) is 0 Å². The molecule has 96 valence electrons. The lowest BCUT2D eigenvalue weighted by atomic mass is 9.77. The third kappa shape index (κ3) is 3.70. The predicted molar refractivity (Wildman–Crippen MR) is 67.2 cm³/mol. The Balaban J connectivity index is 3.07. The number of rotatable bonds is 2. The predicted octanol–water partition coefficient (Wildman–Crippen LogP) is 2.95. The summed E-state index contributed by atoms with van der Waals surface area (Å²) in [5.74, 6) is 0.351. The molecule has 1 atom stereocenters. The molecule has 3 nitrogen and oxygen atoms in total. The molecule has 17 heavy (non-hydrogen) atoms. The number of allylic oxidation sites excluding steroid dienone is 1. The fourth-order valence-electron chi connectivity index (χ4n) is 1.78. The largest absolute Gasteiger partial charge is 0.427 e. The standard InChI is InChI=1S/C14H22O3/c1-6-12(15)17-11-7-8-14(5,16)9-10(11)13(2,3)4/h7-8,16H,6,9H2,1-5H3. The van der Waals surface area contributed by atoms with Crippen molar-refractivity contribution in [2.24, 2.45) is 5.41 Å². The number of carbonyl (C=O) groups excluding carboxylic acids is 1. The van der Waals surface area contributed by atoms with Gasteiger partial charge in [0.1, 0.15) is 5.76 Å². The molecule has 0 saturated carbocycles. The highest BCUT2D eigenvalue weighted by molar-refractivity contribution is 5.70. The van der Waals surface area contributed by atoms with E-state index in [0.717, 1.165) is 5.57 Å². The van der Waals surface area contributed by atoms with Crippen molar-refractivity contribution in [2.45, 2.75) is 53.1 Å². The van der Waals surface area contributed by atoms with Crippen molar-refractivity contribution in [1.29, 1.82) is 0 Å². The molecule has 1 N–H and O–H groups in total. The molecule has 0 aliphatic heterocycles. The van der Waals surface area contributed by atoms with Crippen LogP contribution < -0.4 is 0 Å². The maximum Gasteiger partial charge on any atom is 0.310 e. The Morgan fingerprint density at radius 2 is 2.12 bits per heavy atom. The van der Waals surface area contributed by atoms with Crippen molar-refractivity contribution >= 4 is 5.97 Å². The molecule has 0 aromatic heterocycles. The maximum atomic E-state index is 11.4. The molecule has 1 aliphatic carbocycles. The first-order valence-corrected chi connectivity index (χ1v) is 6.01. The van der Waals surface area contributed by atoms with Gasteiger partial charge in [0.15, 0.2) is 0 Å². The minimum Gasteiger partial charge on any atom is -0.427 e. The van der Waals surface area contributed by atoms with E-state index in [0.29, 0.717) is 18.6 Å². The molecule has 0 amide bonds. The summed E-state index contributed by atoms with van der Waals surface area (Å²) in [6.07, 6.45) is 4.24. The highest BCUT2D eigenvalue weighted by Gasteiger charge is 2.32.